The van der Waals surface area contributed by atoms with Crippen molar-refractivity contribution >= 4 is 11.9 Å². The number of esters is 2. The van der Waals surface area contributed by atoms with E-state index in [-0.39, 0.29) is 11.8 Å². The number of alkyl halides is 2. The molecule has 1 aliphatic heterocycles. The smallest absolute Gasteiger partial charge is 0.347 e. The van der Waals surface area contributed by atoms with Crippen LogP contribution in [0.3, 0.4) is 0 Å². The van der Waals surface area contributed by atoms with Crippen LogP contribution in [0.4, 0.5) is 8.78 Å². The molecule has 22 heavy (non-hydrogen) atoms. The average molecular weight is 316 g/mol. The number of ether oxygens (including phenoxy) is 3. The van der Waals surface area contributed by atoms with Gasteiger partial charge in [0.25, 0.3) is 5.79 Å². The van der Waals surface area contributed by atoms with Crippen LogP contribution in [0.15, 0.2) is 12.2 Å². The summed E-state index contributed by atoms with van der Waals surface area (Å²) in [5, 5.41) is 0. The topological polar surface area (TPSA) is 61.8 Å². The van der Waals surface area contributed by atoms with Gasteiger partial charge in [0.15, 0.2) is 6.10 Å². The van der Waals surface area contributed by atoms with Crippen LogP contribution in [-0.2, 0) is 23.8 Å². The normalized spacial score (nSPS) is 44.5. The summed E-state index contributed by atoms with van der Waals surface area (Å²) in [7, 11) is 0. The van der Waals surface area contributed by atoms with Gasteiger partial charge >= 0.3 is 17.9 Å². The SMILES string of the molecule is CC(=O)OC1C2C3C=CC(C3)C2OC(C)(OC(C)=O)C1(F)F. The van der Waals surface area contributed by atoms with E-state index in [0.717, 1.165) is 20.8 Å². The highest BCUT2D eigenvalue weighted by molar-refractivity contribution is 5.67. The summed E-state index contributed by atoms with van der Waals surface area (Å²) in [4.78, 5) is 22.5. The molecule has 0 aromatic rings. The molecule has 2 fully saturated rings. The second-order valence-electron chi connectivity index (χ2n) is 6.30. The predicted molar refractivity (Wildman–Crippen MR) is 69.8 cm³/mol. The highest BCUT2D eigenvalue weighted by Crippen LogP contribution is 2.57. The summed E-state index contributed by atoms with van der Waals surface area (Å²) >= 11 is 0. The summed E-state index contributed by atoms with van der Waals surface area (Å²) in [6.07, 6.45) is 2.25. The number of carbonyl (C=O) groups excluding carboxylic acids is 2. The molecule has 0 amide bonds. The summed E-state index contributed by atoms with van der Waals surface area (Å²) in [5.74, 6) is -8.52. The first-order chi connectivity index (χ1) is 10.2. The van der Waals surface area contributed by atoms with Crippen LogP contribution < -0.4 is 0 Å². The molecule has 3 aliphatic rings. The van der Waals surface area contributed by atoms with Crippen molar-refractivity contribution in [1.82, 2.24) is 0 Å². The van der Waals surface area contributed by atoms with Gasteiger partial charge in [-0.2, -0.15) is 8.78 Å². The molecule has 6 unspecified atom stereocenters. The number of hydrogen-bond donors (Lipinski definition) is 0. The predicted octanol–water partition coefficient (Wildman–Crippen LogP) is 2.05. The van der Waals surface area contributed by atoms with Crippen LogP contribution in [0.25, 0.3) is 0 Å². The first-order valence-electron chi connectivity index (χ1n) is 7.26. The maximum absolute atomic E-state index is 14.9. The Kier molecular flexibility index (Phi) is 3.32. The fraction of sp³-hybridized carbons (Fsp3) is 0.733. The van der Waals surface area contributed by atoms with E-state index in [0.29, 0.717) is 6.42 Å². The average Bonchev–Trinajstić information content (AvgIpc) is 2.94. The lowest BCUT2D eigenvalue weighted by Crippen LogP contribution is -2.68. The Hall–Kier alpha value is -1.50. The minimum atomic E-state index is -3.64. The minimum Gasteiger partial charge on any atom is -0.455 e. The maximum Gasteiger partial charge on any atom is 0.347 e. The van der Waals surface area contributed by atoms with Gasteiger partial charge in [-0.1, -0.05) is 12.2 Å². The van der Waals surface area contributed by atoms with Crippen LogP contribution in [-0.4, -0.2) is 35.9 Å². The van der Waals surface area contributed by atoms with Gasteiger partial charge in [-0.3, -0.25) is 9.59 Å². The molecule has 0 N–H and O–H groups in total. The molecule has 6 atom stereocenters. The zero-order valence-electron chi connectivity index (χ0n) is 12.5. The molecule has 1 saturated heterocycles. The maximum atomic E-state index is 14.9. The van der Waals surface area contributed by atoms with E-state index in [9.17, 15) is 18.4 Å². The zero-order chi connectivity index (χ0) is 16.3. The van der Waals surface area contributed by atoms with Gasteiger partial charge in [0.2, 0.25) is 0 Å². The van der Waals surface area contributed by atoms with Gasteiger partial charge < -0.3 is 14.2 Å². The molecule has 0 radical (unpaired) electrons. The second-order valence-corrected chi connectivity index (χ2v) is 6.30. The second kappa shape index (κ2) is 4.75. The largest absolute Gasteiger partial charge is 0.455 e. The van der Waals surface area contributed by atoms with Crippen molar-refractivity contribution < 1.29 is 32.6 Å². The Morgan fingerprint density at radius 2 is 1.82 bits per heavy atom. The molecule has 0 aromatic carbocycles. The molecule has 0 aromatic heterocycles. The van der Waals surface area contributed by atoms with Gasteiger partial charge in [-0.15, -0.1) is 0 Å². The van der Waals surface area contributed by atoms with E-state index in [4.69, 9.17) is 14.2 Å². The van der Waals surface area contributed by atoms with E-state index in [1.807, 2.05) is 12.2 Å². The molecule has 122 valence electrons. The molecule has 2 aliphatic carbocycles. The lowest BCUT2D eigenvalue weighted by molar-refractivity contribution is -0.390. The number of halogens is 2. The van der Waals surface area contributed by atoms with E-state index in [1.54, 1.807) is 0 Å². The van der Waals surface area contributed by atoms with E-state index in [1.165, 1.54) is 0 Å². The van der Waals surface area contributed by atoms with Crippen molar-refractivity contribution in [2.45, 2.75) is 51.1 Å². The summed E-state index contributed by atoms with van der Waals surface area (Å²) in [6, 6.07) is 0. The van der Waals surface area contributed by atoms with Crippen molar-refractivity contribution in [3.05, 3.63) is 12.2 Å². The number of rotatable bonds is 2. The van der Waals surface area contributed by atoms with Crippen molar-refractivity contribution in [2.75, 3.05) is 0 Å². The van der Waals surface area contributed by atoms with Gasteiger partial charge in [-0.25, -0.2) is 0 Å². The van der Waals surface area contributed by atoms with Crippen molar-refractivity contribution in [3.63, 3.8) is 0 Å². The zero-order valence-corrected chi connectivity index (χ0v) is 12.5. The fourth-order valence-electron chi connectivity index (χ4n) is 3.91. The van der Waals surface area contributed by atoms with Gasteiger partial charge in [0.05, 0.1) is 6.10 Å². The van der Waals surface area contributed by atoms with Crippen LogP contribution in [0.2, 0.25) is 0 Å². The Morgan fingerprint density at radius 3 is 2.41 bits per heavy atom. The molecule has 2 bridgehead atoms. The molecular formula is C15H18F2O5. The quantitative estimate of drug-likeness (QED) is 0.576. The molecule has 3 rings (SSSR count). The molecule has 5 nitrogen and oxygen atoms in total. The number of carbonyl (C=O) groups is 2. The van der Waals surface area contributed by atoms with E-state index in [2.05, 4.69) is 0 Å². The number of fused-ring (bicyclic) bond motifs is 5. The standard InChI is InChI=1S/C15H18F2O5/c1-7(18)20-13-11-9-4-5-10(6-9)12(11)22-14(3,15(13,16)17)21-8(2)19/h4-5,9-13H,6H2,1-3H3. The Balaban J connectivity index is 2.01. The van der Waals surface area contributed by atoms with Crippen molar-refractivity contribution in [3.8, 4) is 0 Å². The van der Waals surface area contributed by atoms with Gasteiger partial charge in [0.1, 0.15) is 0 Å². The lowest BCUT2D eigenvalue weighted by Gasteiger charge is -2.50. The number of hydrogen-bond acceptors (Lipinski definition) is 5. The Labute approximate surface area is 126 Å². The van der Waals surface area contributed by atoms with Crippen LogP contribution in [0.5, 0.6) is 0 Å². The third-order valence-corrected chi connectivity index (χ3v) is 4.75. The Morgan fingerprint density at radius 1 is 1.18 bits per heavy atom. The summed E-state index contributed by atoms with van der Waals surface area (Å²) < 4.78 is 45.1. The molecule has 7 heteroatoms. The molecule has 1 saturated carbocycles. The molecular weight excluding hydrogens is 298 g/mol. The van der Waals surface area contributed by atoms with Crippen LogP contribution in [0, 0.1) is 17.8 Å². The monoisotopic (exact) mass is 316 g/mol. The number of allylic oxidation sites excluding steroid dienone is 1. The molecule has 1 heterocycles. The van der Waals surface area contributed by atoms with Crippen LogP contribution >= 0.6 is 0 Å². The third kappa shape index (κ3) is 2.06. The first-order valence-corrected chi connectivity index (χ1v) is 7.26. The van der Waals surface area contributed by atoms with Crippen molar-refractivity contribution in [1.29, 1.82) is 0 Å². The third-order valence-electron chi connectivity index (χ3n) is 4.75. The summed E-state index contributed by atoms with van der Waals surface area (Å²) in [6.45, 7) is 3.15. The minimum absolute atomic E-state index is 0.0287. The van der Waals surface area contributed by atoms with Gasteiger partial charge in [0, 0.05) is 32.6 Å². The fourth-order valence-corrected chi connectivity index (χ4v) is 3.91. The summed E-state index contributed by atoms with van der Waals surface area (Å²) in [5.41, 5.74) is 0. The van der Waals surface area contributed by atoms with E-state index >= 15 is 0 Å². The van der Waals surface area contributed by atoms with Crippen LogP contribution in [0.1, 0.15) is 27.2 Å². The Bertz CT molecular complexity index is 546. The molecule has 0 spiro atoms. The lowest BCUT2D eigenvalue weighted by atomic mass is 9.78. The first kappa shape index (κ1) is 15.4. The van der Waals surface area contributed by atoms with Crippen molar-refractivity contribution in [2.24, 2.45) is 17.8 Å². The highest BCUT2D eigenvalue weighted by atomic mass is 19.3. The van der Waals surface area contributed by atoms with E-state index < -0.39 is 41.8 Å². The highest BCUT2D eigenvalue weighted by Gasteiger charge is 2.72. The van der Waals surface area contributed by atoms with Gasteiger partial charge in [-0.05, 0) is 12.3 Å².